The second kappa shape index (κ2) is 5.65. The van der Waals surface area contributed by atoms with Crippen molar-refractivity contribution in [2.75, 3.05) is 6.61 Å². The normalized spacial score (nSPS) is 24.4. The lowest BCUT2D eigenvalue weighted by molar-refractivity contribution is -0.145. The number of pyridine rings is 1. The summed E-state index contributed by atoms with van der Waals surface area (Å²) in [5.41, 5.74) is 1.74. The van der Waals surface area contributed by atoms with E-state index >= 15 is 0 Å². The van der Waals surface area contributed by atoms with Crippen LogP contribution >= 0.6 is 0 Å². The Balaban J connectivity index is 1.91. The zero-order valence-electron chi connectivity index (χ0n) is 12.2. The van der Waals surface area contributed by atoms with E-state index in [1.165, 1.54) is 5.56 Å². The highest BCUT2D eigenvalue weighted by Gasteiger charge is 2.46. The summed E-state index contributed by atoms with van der Waals surface area (Å²) in [4.78, 5) is 17.6. The van der Waals surface area contributed by atoms with Crippen molar-refractivity contribution in [3.63, 3.8) is 0 Å². The minimum atomic E-state index is -0.522. The van der Waals surface area contributed by atoms with Gasteiger partial charge in [-0.15, -0.1) is 0 Å². The van der Waals surface area contributed by atoms with Crippen LogP contribution in [0.4, 0.5) is 0 Å². The van der Waals surface area contributed by atoms with Crippen molar-refractivity contribution in [2.45, 2.75) is 63.4 Å². The van der Waals surface area contributed by atoms with Gasteiger partial charge in [0.05, 0.1) is 11.6 Å². The van der Waals surface area contributed by atoms with Crippen LogP contribution < -0.4 is 0 Å². The average Bonchev–Trinajstić information content (AvgIpc) is 2.96. The molecule has 3 heteroatoms. The van der Waals surface area contributed by atoms with Gasteiger partial charge in [0.1, 0.15) is 5.60 Å². The molecule has 1 saturated carbocycles. The standard InChI is InChI=1S/C17H23NO2/c1-2-20-17(10-3-4-11-17)16(19)14-9-5-7-13-8-6-12-18-15(13)14/h6,8,12,14H,2-5,7,9-11H2,1H3. The second-order valence-electron chi connectivity index (χ2n) is 5.99. The lowest BCUT2D eigenvalue weighted by Crippen LogP contribution is -2.43. The molecule has 2 aliphatic rings. The zero-order valence-corrected chi connectivity index (χ0v) is 12.2. The molecule has 1 aromatic heterocycles. The number of fused-ring (bicyclic) bond motifs is 1. The monoisotopic (exact) mass is 273 g/mol. The smallest absolute Gasteiger partial charge is 0.173 e. The Kier molecular flexibility index (Phi) is 3.88. The van der Waals surface area contributed by atoms with Gasteiger partial charge in [0, 0.05) is 12.8 Å². The first-order chi connectivity index (χ1) is 9.77. The van der Waals surface area contributed by atoms with Gasteiger partial charge >= 0.3 is 0 Å². The molecular weight excluding hydrogens is 250 g/mol. The number of hydrogen-bond acceptors (Lipinski definition) is 3. The summed E-state index contributed by atoms with van der Waals surface area (Å²) in [6.07, 6.45) is 8.85. The molecule has 0 amide bonds. The van der Waals surface area contributed by atoms with Gasteiger partial charge < -0.3 is 4.74 Å². The fourth-order valence-electron chi connectivity index (χ4n) is 3.87. The summed E-state index contributed by atoms with van der Waals surface area (Å²) in [5, 5.41) is 0. The minimum absolute atomic E-state index is 0.0513. The molecule has 1 fully saturated rings. The van der Waals surface area contributed by atoms with E-state index in [2.05, 4.69) is 11.1 Å². The highest BCUT2D eigenvalue weighted by Crippen LogP contribution is 2.41. The van der Waals surface area contributed by atoms with Crippen molar-refractivity contribution in [1.29, 1.82) is 0 Å². The number of carbonyl (C=O) groups excluding carboxylic acids is 1. The number of nitrogens with zero attached hydrogens (tertiary/aromatic N) is 1. The van der Waals surface area contributed by atoms with Crippen LogP contribution in [0.2, 0.25) is 0 Å². The van der Waals surface area contributed by atoms with Gasteiger partial charge in [-0.05, 0) is 63.5 Å². The number of Topliss-reactive ketones (excluding diaryl/α,β-unsaturated/α-hetero) is 1. The van der Waals surface area contributed by atoms with E-state index < -0.39 is 5.60 Å². The summed E-state index contributed by atoms with van der Waals surface area (Å²) < 4.78 is 5.94. The lowest BCUT2D eigenvalue weighted by Gasteiger charge is -2.33. The summed E-state index contributed by atoms with van der Waals surface area (Å²) in [7, 11) is 0. The van der Waals surface area contributed by atoms with Crippen LogP contribution in [0.1, 0.15) is 62.6 Å². The Labute approximate surface area is 120 Å². The number of ketones is 1. The predicted octanol–water partition coefficient (Wildman–Crippen LogP) is 3.42. The van der Waals surface area contributed by atoms with Crippen LogP contribution in [0, 0.1) is 0 Å². The molecule has 20 heavy (non-hydrogen) atoms. The summed E-state index contributed by atoms with van der Waals surface area (Å²) in [5.74, 6) is 0.237. The molecular formula is C17H23NO2. The summed E-state index contributed by atoms with van der Waals surface area (Å²) in [6, 6.07) is 4.09. The van der Waals surface area contributed by atoms with E-state index in [1.807, 2.05) is 19.2 Å². The molecule has 0 aromatic carbocycles. The maximum atomic E-state index is 13.1. The van der Waals surface area contributed by atoms with Crippen LogP contribution in [-0.2, 0) is 16.0 Å². The maximum absolute atomic E-state index is 13.1. The van der Waals surface area contributed by atoms with E-state index in [4.69, 9.17) is 4.74 Å². The molecule has 1 unspecified atom stereocenters. The molecule has 0 spiro atoms. The average molecular weight is 273 g/mol. The topological polar surface area (TPSA) is 39.2 Å². The predicted molar refractivity (Wildman–Crippen MR) is 77.7 cm³/mol. The Morgan fingerprint density at radius 1 is 1.40 bits per heavy atom. The van der Waals surface area contributed by atoms with Gasteiger partial charge in [-0.25, -0.2) is 0 Å². The Morgan fingerprint density at radius 3 is 2.95 bits per heavy atom. The maximum Gasteiger partial charge on any atom is 0.173 e. The van der Waals surface area contributed by atoms with E-state index in [-0.39, 0.29) is 11.7 Å². The molecule has 2 aliphatic carbocycles. The fraction of sp³-hybridized carbons (Fsp3) is 0.647. The van der Waals surface area contributed by atoms with Crippen molar-refractivity contribution in [1.82, 2.24) is 4.98 Å². The fourth-order valence-corrected chi connectivity index (χ4v) is 3.87. The first-order valence-electron chi connectivity index (χ1n) is 7.89. The highest BCUT2D eigenvalue weighted by molar-refractivity contribution is 5.93. The van der Waals surface area contributed by atoms with E-state index in [1.54, 1.807) is 0 Å². The third-order valence-electron chi connectivity index (χ3n) is 4.79. The molecule has 0 N–H and O–H groups in total. The van der Waals surface area contributed by atoms with Crippen molar-refractivity contribution in [2.24, 2.45) is 0 Å². The molecule has 108 valence electrons. The van der Waals surface area contributed by atoms with Gasteiger partial charge in [0.25, 0.3) is 0 Å². The lowest BCUT2D eigenvalue weighted by atomic mass is 9.77. The van der Waals surface area contributed by atoms with Crippen LogP contribution in [0.15, 0.2) is 18.3 Å². The molecule has 1 aromatic rings. The number of aryl methyl sites for hydroxylation is 1. The molecule has 0 bridgehead atoms. The van der Waals surface area contributed by atoms with Crippen LogP contribution in [0.5, 0.6) is 0 Å². The van der Waals surface area contributed by atoms with Crippen molar-refractivity contribution in [3.8, 4) is 0 Å². The molecule has 3 nitrogen and oxygen atoms in total. The van der Waals surface area contributed by atoms with Crippen LogP contribution in [0.3, 0.4) is 0 Å². The number of rotatable bonds is 4. The Hall–Kier alpha value is -1.22. The summed E-state index contributed by atoms with van der Waals surface area (Å²) >= 11 is 0. The van der Waals surface area contributed by atoms with E-state index in [0.717, 1.165) is 50.6 Å². The van der Waals surface area contributed by atoms with E-state index in [0.29, 0.717) is 6.61 Å². The number of aromatic nitrogens is 1. The van der Waals surface area contributed by atoms with Gasteiger partial charge in [-0.3, -0.25) is 9.78 Å². The molecule has 0 saturated heterocycles. The van der Waals surface area contributed by atoms with Gasteiger partial charge in [-0.1, -0.05) is 6.07 Å². The minimum Gasteiger partial charge on any atom is -0.367 e. The number of hydrogen-bond donors (Lipinski definition) is 0. The molecule has 0 aliphatic heterocycles. The zero-order chi connectivity index (χ0) is 14.0. The third kappa shape index (κ3) is 2.28. The van der Waals surface area contributed by atoms with Gasteiger partial charge in [-0.2, -0.15) is 0 Å². The third-order valence-corrected chi connectivity index (χ3v) is 4.79. The second-order valence-corrected chi connectivity index (χ2v) is 5.99. The quantitative estimate of drug-likeness (QED) is 0.843. The first-order valence-corrected chi connectivity index (χ1v) is 7.89. The Bertz CT molecular complexity index is 492. The molecule has 1 heterocycles. The molecule has 0 radical (unpaired) electrons. The number of carbonyl (C=O) groups is 1. The van der Waals surface area contributed by atoms with Crippen molar-refractivity contribution in [3.05, 3.63) is 29.6 Å². The van der Waals surface area contributed by atoms with Gasteiger partial charge in [0.15, 0.2) is 5.78 Å². The van der Waals surface area contributed by atoms with Crippen LogP contribution in [0.25, 0.3) is 0 Å². The largest absolute Gasteiger partial charge is 0.367 e. The molecule has 3 rings (SSSR count). The van der Waals surface area contributed by atoms with Crippen molar-refractivity contribution >= 4 is 5.78 Å². The summed E-state index contributed by atoms with van der Waals surface area (Å²) in [6.45, 7) is 2.61. The highest BCUT2D eigenvalue weighted by atomic mass is 16.5. The number of ether oxygens (including phenoxy) is 1. The first kappa shape index (κ1) is 13.7. The van der Waals surface area contributed by atoms with Crippen molar-refractivity contribution < 1.29 is 9.53 Å². The SMILES string of the molecule is CCOC1(C(=O)C2CCCc3cccnc32)CCCC1. The Morgan fingerprint density at radius 2 is 2.20 bits per heavy atom. The van der Waals surface area contributed by atoms with Crippen LogP contribution in [-0.4, -0.2) is 23.0 Å². The molecule has 1 atom stereocenters. The van der Waals surface area contributed by atoms with E-state index in [9.17, 15) is 4.79 Å². The van der Waals surface area contributed by atoms with Gasteiger partial charge in [0.2, 0.25) is 0 Å².